The minimum Gasteiger partial charge on any atom is -0.495 e. The number of hydrogen-bond acceptors (Lipinski definition) is 6. The summed E-state index contributed by atoms with van der Waals surface area (Å²) < 4.78 is 37.9. The zero-order chi connectivity index (χ0) is 20.9. The van der Waals surface area contributed by atoms with E-state index in [1.165, 1.54) is 17.5 Å². The van der Waals surface area contributed by atoms with E-state index in [1.54, 1.807) is 12.1 Å². The number of sulfonamides is 1. The summed E-state index contributed by atoms with van der Waals surface area (Å²) in [5, 5.41) is 5.78. The molecule has 9 heteroatoms. The molecular formula is C20H25N3O5S. The van der Waals surface area contributed by atoms with Crippen LogP contribution in [0.3, 0.4) is 0 Å². The van der Waals surface area contributed by atoms with Crippen molar-refractivity contribution >= 4 is 27.3 Å². The summed E-state index contributed by atoms with van der Waals surface area (Å²) in [5.41, 5.74) is 2.27. The Morgan fingerprint density at radius 2 is 1.90 bits per heavy atom. The number of amides is 1. The third-order valence-corrected chi connectivity index (χ3v) is 6.43. The van der Waals surface area contributed by atoms with E-state index in [0.717, 1.165) is 5.56 Å². The normalized spacial score (nSPS) is 15.0. The molecule has 2 N–H and O–H groups in total. The van der Waals surface area contributed by atoms with Gasteiger partial charge in [0.05, 0.1) is 26.9 Å². The van der Waals surface area contributed by atoms with Gasteiger partial charge in [-0.3, -0.25) is 4.79 Å². The summed E-state index contributed by atoms with van der Waals surface area (Å²) >= 11 is 0. The number of morpholine rings is 1. The molecule has 0 spiro atoms. The van der Waals surface area contributed by atoms with Gasteiger partial charge in [0.1, 0.15) is 10.6 Å². The smallest absolute Gasteiger partial charge is 0.246 e. The molecule has 1 aliphatic heterocycles. The summed E-state index contributed by atoms with van der Waals surface area (Å²) in [5.74, 6) is 0.0234. The van der Waals surface area contributed by atoms with Crippen molar-refractivity contribution in [1.82, 2.24) is 4.31 Å². The van der Waals surface area contributed by atoms with Gasteiger partial charge in [0.15, 0.2) is 0 Å². The second-order valence-corrected chi connectivity index (χ2v) is 8.56. The number of aryl methyl sites for hydroxylation is 1. The molecule has 0 aliphatic carbocycles. The summed E-state index contributed by atoms with van der Waals surface area (Å²) in [6.07, 6.45) is 0. The molecule has 29 heavy (non-hydrogen) atoms. The van der Waals surface area contributed by atoms with Gasteiger partial charge in [-0.15, -0.1) is 0 Å². The minimum atomic E-state index is -3.73. The average Bonchev–Trinajstić information content (AvgIpc) is 2.72. The lowest BCUT2D eigenvalue weighted by Crippen LogP contribution is -2.40. The van der Waals surface area contributed by atoms with E-state index in [9.17, 15) is 13.2 Å². The summed E-state index contributed by atoms with van der Waals surface area (Å²) in [6, 6.07) is 12.2. The van der Waals surface area contributed by atoms with Crippen LogP contribution in [0, 0.1) is 6.92 Å². The highest BCUT2D eigenvalue weighted by Crippen LogP contribution is 2.30. The van der Waals surface area contributed by atoms with E-state index in [2.05, 4.69) is 10.6 Å². The van der Waals surface area contributed by atoms with Crippen molar-refractivity contribution in [2.24, 2.45) is 0 Å². The average molecular weight is 420 g/mol. The van der Waals surface area contributed by atoms with E-state index in [1.807, 2.05) is 31.2 Å². The largest absolute Gasteiger partial charge is 0.495 e. The molecular weight excluding hydrogens is 394 g/mol. The number of rotatable bonds is 7. The van der Waals surface area contributed by atoms with Gasteiger partial charge in [-0.05, 0) is 42.8 Å². The van der Waals surface area contributed by atoms with Gasteiger partial charge in [-0.2, -0.15) is 4.31 Å². The minimum absolute atomic E-state index is 0.00267. The lowest BCUT2D eigenvalue weighted by atomic mass is 10.2. The van der Waals surface area contributed by atoms with Gasteiger partial charge in [0, 0.05) is 24.5 Å². The number of benzene rings is 2. The third kappa shape index (κ3) is 5.26. The predicted octanol–water partition coefficient (Wildman–Crippen LogP) is 2.08. The summed E-state index contributed by atoms with van der Waals surface area (Å²) in [6.45, 7) is 3.25. The van der Waals surface area contributed by atoms with Crippen LogP contribution in [0.25, 0.3) is 0 Å². The zero-order valence-electron chi connectivity index (χ0n) is 16.5. The number of carbonyl (C=O) groups excluding carboxylic acids is 1. The van der Waals surface area contributed by atoms with Crippen molar-refractivity contribution in [3.05, 3.63) is 48.0 Å². The highest BCUT2D eigenvalue weighted by Gasteiger charge is 2.29. The molecule has 2 aromatic rings. The monoisotopic (exact) mass is 419 g/mol. The van der Waals surface area contributed by atoms with E-state index in [4.69, 9.17) is 9.47 Å². The van der Waals surface area contributed by atoms with Crippen molar-refractivity contribution < 1.29 is 22.7 Å². The van der Waals surface area contributed by atoms with Gasteiger partial charge < -0.3 is 20.1 Å². The molecule has 0 unspecified atom stereocenters. The van der Waals surface area contributed by atoms with Crippen LogP contribution in [-0.2, 0) is 19.6 Å². The Morgan fingerprint density at radius 1 is 1.14 bits per heavy atom. The Bertz CT molecular complexity index is 972. The first-order valence-electron chi connectivity index (χ1n) is 9.26. The molecule has 3 rings (SSSR count). The van der Waals surface area contributed by atoms with Crippen LogP contribution >= 0.6 is 0 Å². The molecule has 0 saturated carbocycles. The van der Waals surface area contributed by atoms with Gasteiger partial charge in [-0.25, -0.2) is 8.42 Å². The molecule has 156 valence electrons. The predicted molar refractivity (Wildman–Crippen MR) is 111 cm³/mol. The fourth-order valence-corrected chi connectivity index (χ4v) is 4.61. The molecule has 1 aliphatic rings. The van der Waals surface area contributed by atoms with Crippen molar-refractivity contribution in [1.29, 1.82) is 0 Å². The Hall–Kier alpha value is -2.62. The first-order valence-corrected chi connectivity index (χ1v) is 10.7. The standard InChI is InChI=1S/C20H25N3O5S/c1-15-4-3-5-17(12-15)22-20(24)14-21-16-6-7-18(27-2)19(13-16)29(25,26)23-8-10-28-11-9-23/h3-7,12-13,21H,8-11,14H2,1-2H3,(H,22,24). The fourth-order valence-electron chi connectivity index (χ4n) is 3.02. The van der Waals surface area contributed by atoms with Crippen molar-refractivity contribution in [2.45, 2.75) is 11.8 Å². The third-order valence-electron chi connectivity index (χ3n) is 4.51. The Kier molecular flexibility index (Phi) is 6.73. The topological polar surface area (TPSA) is 97.0 Å². The number of methoxy groups -OCH3 is 1. The van der Waals surface area contributed by atoms with Crippen LogP contribution < -0.4 is 15.4 Å². The SMILES string of the molecule is COc1ccc(NCC(=O)Nc2cccc(C)c2)cc1S(=O)(=O)N1CCOCC1. The van der Waals surface area contributed by atoms with Crippen molar-refractivity contribution in [2.75, 3.05) is 50.6 Å². The van der Waals surface area contributed by atoms with E-state index >= 15 is 0 Å². The highest BCUT2D eigenvalue weighted by atomic mass is 32.2. The molecule has 0 atom stereocenters. The van der Waals surface area contributed by atoms with Gasteiger partial charge in [-0.1, -0.05) is 12.1 Å². The van der Waals surface area contributed by atoms with E-state index in [-0.39, 0.29) is 23.1 Å². The molecule has 1 amide bonds. The Labute approximate surface area is 170 Å². The van der Waals surface area contributed by atoms with Gasteiger partial charge in [0.2, 0.25) is 15.9 Å². The van der Waals surface area contributed by atoms with Crippen LogP contribution in [-0.4, -0.2) is 58.6 Å². The molecule has 2 aromatic carbocycles. The molecule has 1 saturated heterocycles. The van der Waals surface area contributed by atoms with Crippen LogP contribution in [0.5, 0.6) is 5.75 Å². The number of nitrogens with zero attached hydrogens (tertiary/aromatic N) is 1. The number of ether oxygens (including phenoxy) is 2. The van der Waals surface area contributed by atoms with E-state index in [0.29, 0.717) is 37.7 Å². The Balaban J connectivity index is 1.72. The van der Waals surface area contributed by atoms with E-state index < -0.39 is 10.0 Å². The van der Waals surface area contributed by atoms with Crippen LogP contribution in [0.15, 0.2) is 47.4 Å². The molecule has 0 aromatic heterocycles. The lowest BCUT2D eigenvalue weighted by molar-refractivity contribution is -0.114. The number of anilines is 2. The number of carbonyl (C=O) groups is 1. The molecule has 0 radical (unpaired) electrons. The fraction of sp³-hybridized carbons (Fsp3) is 0.350. The quantitative estimate of drug-likeness (QED) is 0.713. The molecule has 1 fully saturated rings. The van der Waals surface area contributed by atoms with Crippen LogP contribution in [0.4, 0.5) is 11.4 Å². The Morgan fingerprint density at radius 3 is 2.59 bits per heavy atom. The maximum atomic E-state index is 13.0. The van der Waals surface area contributed by atoms with Crippen molar-refractivity contribution in [3.63, 3.8) is 0 Å². The maximum absolute atomic E-state index is 13.0. The first kappa shape index (κ1) is 21.1. The van der Waals surface area contributed by atoms with Gasteiger partial charge in [0.25, 0.3) is 0 Å². The number of nitrogens with one attached hydrogen (secondary N) is 2. The highest BCUT2D eigenvalue weighted by molar-refractivity contribution is 7.89. The van der Waals surface area contributed by atoms with Crippen LogP contribution in [0.2, 0.25) is 0 Å². The summed E-state index contributed by atoms with van der Waals surface area (Å²) in [4.78, 5) is 12.3. The molecule has 8 nitrogen and oxygen atoms in total. The zero-order valence-corrected chi connectivity index (χ0v) is 17.3. The summed E-state index contributed by atoms with van der Waals surface area (Å²) in [7, 11) is -2.30. The lowest BCUT2D eigenvalue weighted by Gasteiger charge is -2.26. The first-order chi connectivity index (χ1) is 13.9. The maximum Gasteiger partial charge on any atom is 0.246 e. The second-order valence-electron chi connectivity index (χ2n) is 6.65. The second kappa shape index (κ2) is 9.25. The molecule has 0 bridgehead atoms. The van der Waals surface area contributed by atoms with Crippen LogP contribution in [0.1, 0.15) is 5.56 Å². The molecule has 1 heterocycles. The van der Waals surface area contributed by atoms with Crippen molar-refractivity contribution in [3.8, 4) is 5.75 Å². The number of hydrogen-bond donors (Lipinski definition) is 2. The van der Waals surface area contributed by atoms with Gasteiger partial charge >= 0.3 is 0 Å².